The van der Waals surface area contributed by atoms with Gasteiger partial charge in [0.1, 0.15) is 0 Å². The molecule has 0 bridgehead atoms. The van der Waals surface area contributed by atoms with Crippen LogP contribution in [0.3, 0.4) is 0 Å². The Labute approximate surface area is 88.5 Å². The third-order valence-corrected chi connectivity index (χ3v) is 2.89. The standard InChI is InChI=1S/C11H11ClN2/c12-10-3-1-2-8(4-10)11-7-14-6-9(11)5-13/h1-4,9,11,14H,6-7H2/t9-,11-/m1/s1. The minimum atomic E-state index is 0.0773. The topological polar surface area (TPSA) is 35.8 Å². The van der Waals surface area contributed by atoms with E-state index in [1.165, 1.54) is 0 Å². The predicted octanol–water partition coefficient (Wildman–Crippen LogP) is 2.17. The van der Waals surface area contributed by atoms with E-state index < -0.39 is 0 Å². The van der Waals surface area contributed by atoms with E-state index in [0.717, 1.165) is 23.7 Å². The number of nitrogens with zero attached hydrogens (tertiary/aromatic N) is 1. The Morgan fingerprint density at radius 3 is 3.00 bits per heavy atom. The largest absolute Gasteiger partial charge is 0.315 e. The molecule has 72 valence electrons. The quantitative estimate of drug-likeness (QED) is 0.765. The number of hydrogen-bond acceptors (Lipinski definition) is 2. The zero-order chi connectivity index (χ0) is 9.97. The van der Waals surface area contributed by atoms with Crippen molar-refractivity contribution in [1.82, 2.24) is 5.32 Å². The van der Waals surface area contributed by atoms with Crippen molar-refractivity contribution in [3.63, 3.8) is 0 Å². The molecule has 1 fully saturated rings. The van der Waals surface area contributed by atoms with Crippen molar-refractivity contribution < 1.29 is 0 Å². The van der Waals surface area contributed by atoms with Crippen molar-refractivity contribution in [3.8, 4) is 6.07 Å². The summed E-state index contributed by atoms with van der Waals surface area (Å²) in [6.45, 7) is 1.66. The molecule has 14 heavy (non-hydrogen) atoms. The third-order valence-electron chi connectivity index (χ3n) is 2.66. The van der Waals surface area contributed by atoms with Crippen LogP contribution in [0.1, 0.15) is 11.5 Å². The molecule has 0 radical (unpaired) electrons. The monoisotopic (exact) mass is 206 g/mol. The van der Waals surface area contributed by atoms with Crippen LogP contribution in [-0.4, -0.2) is 13.1 Å². The Morgan fingerprint density at radius 2 is 2.29 bits per heavy atom. The first-order valence-corrected chi connectivity index (χ1v) is 5.05. The molecule has 1 heterocycles. The van der Waals surface area contributed by atoms with Gasteiger partial charge < -0.3 is 5.32 Å². The Morgan fingerprint density at radius 1 is 1.43 bits per heavy atom. The molecule has 0 aromatic heterocycles. The fourth-order valence-corrected chi connectivity index (χ4v) is 2.10. The summed E-state index contributed by atoms with van der Waals surface area (Å²) in [5.74, 6) is 0.368. The highest BCUT2D eigenvalue weighted by atomic mass is 35.5. The van der Waals surface area contributed by atoms with Crippen LogP contribution in [0.4, 0.5) is 0 Å². The first-order valence-electron chi connectivity index (χ1n) is 4.67. The molecule has 1 saturated heterocycles. The van der Waals surface area contributed by atoms with Crippen molar-refractivity contribution >= 4 is 11.6 Å². The lowest BCUT2D eigenvalue weighted by atomic mass is 9.90. The van der Waals surface area contributed by atoms with Gasteiger partial charge in [-0.2, -0.15) is 5.26 Å². The van der Waals surface area contributed by atoms with Crippen molar-refractivity contribution in [1.29, 1.82) is 5.26 Å². The van der Waals surface area contributed by atoms with E-state index in [9.17, 15) is 0 Å². The molecule has 0 saturated carbocycles. The van der Waals surface area contributed by atoms with Gasteiger partial charge >= 0.3 is 0 Å². The Bertz CT molecular complexity index is 370. The lowest BCUT2D eigenvalue weighted by Gasteiger charge is -2.12. The van der Waals surface area contributed by atoms with Crippen LogP contribution in [0.15, 0.2) is 24.3 Å². The number of halogens is 1. The molecular formula is C11H11ClN2. The lowest BCUT2D eigenvalue weighted by Crippen LogP contribution is -2.08. The average molecular weight is 207 g/mol. The number of rotatable bonds is 1. The Kier molecular flexibility index (Phi) is 2.72. The van der Waals surface area contributed by atoms with Crippen LogP contribution < -0.4 is 5.32 Å². The van der Waals surface area contributed by atoms with Crippen molar-refractivity contribution in [2.75, 3.05) is 13.1 Å². The molecule has 0 amide bonds. The summed E-state index contributed by atoms with van der Waals surface area (Å²) in [6, 6.07) is 10.1. The SMILES string of the molecule is N#C[C@@H]1CNC[C@@H]1c1cccc(Cl)c1. The van der Waals surface area contributed by atoms with E-state index in [4.69, 9.17) is 16.9 Å². The van der Waals surface area contributed by atoms with Gasteiger partial charge in [0.2, 0.25) is 0 Å². The molecule has 1 aromatic carbocycles. The highest BCUT2D eigenvalue weighted by Gasteiger charge is 2.28. The molecule has 0 unspecified atom stereocenters. The van der Waals surface area contributed by atoms with Gasteiger partial charge in [0.15, 0.2) is 0 Å². The first kappa shape index (κ1) is 9.51. The summed E-state index contributed by atoms with van der Waals surface area (Å²) in [5.41, 5.74) is 1.16. The number of benzene rings is 1. The van der Waals surface area contributed by atoms with E-state index in [2.05, 4.69) is 11.4 Å². The molecule has 1 N–H and O–H groups in total. The molecule has 0 aliphatic carbocycles. The summed E-state index contributed by atoms with van der Waals surface area (Å²) in [4.78, 5) is 0. The molecule has 1 aliphatic rings. The molecule has 3 heteroatoms. The fourth-order valence-electron chi connectivity index (χ4n) is 1.90. The Hall–Kier alpha value is -1.04. The smallest absolute Gasteiger partial charge is 0.0676 e. The second kappa shape index (κ2) is 4.00. The average Bonchev–Trinajstić information content (AvgIpc) is 2.65. The summed E-state index contributed by atoms with van der Waals surface area (Å²) in [7, 11) is 0. The third kappa shape index (κ3) is 1.75. The van der Waals surface area contributed by atoms with Crippen molar-refractivity contribution in [2.24, 2.45) is 5.92 Å². The van der Waals surface area contributed by atoms with Crippen LogP contribution in [-0.2, 0) is 0 Å². The van der Waals surface area contributed by atoms with Gasteiger partial charge in [-0.05, 0) is 17.7 Å². The second-order valence-electron chi connectivity index (χ2n) is 3.56. The predicted molar refractivity (Wildman–Crippen MR) is 56.2 cm³/mol. The number of nitriles is 1. The second-order valence-corrected chi connectivity index (χ2v) is 3.99. The minimum Gasteiger partial charge on any atom is -0.315 e. The Balaban J connectivity index is 2.27. The van der Waals surface area contributed by atoms with E-state index in [1.807, 2.05) is 24.3 Å². The van der Waals surface area contributed by atoms with Crippen molar-refractivity contribution in [3.05, 3.63) is 34.9 Å². The first-order chi connectivity index (χ1) is 6.81. The maximum atomic E-state index is 8.94. The van der Waals surface area contributed by atoms with E-state index in [0.29, 0.717) is 5.92 Å². The highest BCUT2D eigenvalue weighted by Crippen LogP contribution is 2.28. The summed E-state index contributed by atoms with van der Waals surface area (Å²) in [6.07, 6.45) is 0. The zero-order valence-corrected chi connectivity index (χ0v) is 8.46. The van der Waals surface area contributed by atoms with E-state index >= 15 is 0 Å². The molecule has 2 rings (SSSR count). The lowest BCUT2D eigenvalue weighted by molar-refractivity contribution is 0.646. The van der Waals surface area contributed by atoms with E-state index in [1.54, 1.807) is 0 Å². The number of nitrogens with one attached hydrogen (secondary N) is 1. The van der Waals surface area contributed by atoms with Crippen LogP contribution in [0.25, 0.3) is 0 Å². The summed E-state index contributed by atoms with van der Waals surface area (Å²) >= 11 is 5.91. The van der Waals surface area contributed by atoms with Gasteiger partial charge in [0.05, 0.1) is 12.0 Å². The van der Waals surface area contributed by atoms with Gasteiger partial charge in [0, 0.05) is 24.0 Å². The van der Waals surface area contributed by atoms with Crippen LogP contribution in [0.2, 0.25) is 5.02 Å². The van der Waals surface area contributed by atoms with E-state index in [-0.39, 0.29) is 5.92 Å². The molecule has 2 atom stereocenters. The van der Waals surface area contributed by atoms with Crippen LogP contribution in [0, 0.1) is 17.2 Å². The maximum Gasteiger partial charge on any atom is 0.0676 e. The van der Waals surface area contributed by atoms with Crippen LogP contribution in [0.5, 0.6) is 0 Å². The van der Waals surface area contributed by atoms with Gasteiger partial charge in [-0.15, -0.1) is 0 Å². The van der Waals surface area contributed by atoms with Crippen molar-refractivity contribution in [2.45, 2.75) is 5.92 Å². The molecule has 1 aliphatic heterocycles. The van der Waals surface area contributed by atoms with Gasteiger partial charge in [0.25, 0.3) is 0 Å². The van der Waals surface area contributed by atoms with Gasteiger partial charge in [-0.25, -0.2) is 0 Å². The minimum absolute atomic E-state index is 0.0773. The molecular weight excluding hydrogens is 196 g/mol. The maximum absolute atomic E-state index is 8.94. The summed E-state index contributed by atoms with van der Waals surface area (Å²) < 4.78 is 0. The zero-order valence-electron chi connectivity index (χ0n) is 7.70. The normalized spacial score (nSPS) is 26.0. The molecule has 0 spiro atoms. The highest BCUT2D eigenvalue weighted by molar-refractivity contribution is 6.30. The number of hydrogen-bond donors (Lipinski definition) is 1. The summed E-state index contributed by atoms with van der Waals surface area (Å²) in [5, 5.41) is 12.9. The van der Waals surface area contributed by atoms with Gasteiger partial charge in [-0.3, -0.25) is 0 Å². The molecule has 1 aromatic rings. The van der Waals surface area contributed by atoms with Gasteiger partial charge in [-0.1, -0.05) is 23.7 Å². The van der Waals surface area contributed by atoms with Crippen LogP contribution >= 0.6 is 11.6 Å². The molecule has 2 nitrogen and oxygen atoms in total. The fraction of sp³-hybridized carbons (Fsp3) is 0.364.